The molecule has 0 aliphatic rings. The van der Waals surface area contributed by atoms with E-state index in [4.69, 9.17) is 10.8 Å². The summed E-state index contributed by atoms with van der Waals surface area (Å²) in [5, 5.41) is 8.82. The van der Waals surface area contributed by atoms with Crippen LogP contribution in [0.3, 0.4) is 0 Å². The molecule has 0 saturated heterocycles. The number of anilines is 1. The summed E-state index contributed by atoms with van der Waals surface area (Å²) in [6, 6.07) is 8.66. The van der Waals surface area contributed by atoms with Gasteiger partial charge in [-0.1, -0.05) is 24.3 Å². The molecule has 20 heavy (non-hydrogen) atoms. The number of aromatic carboxylic acids is 1. The molecular formula is C14H10F3NO2. The maximum Gasteiger partial charge on any atom is 0.417 e. The number of benzene rings is 2. The second kappa shape index (κ2) is 4.88. The Labute approximate surface area is 112 Å². The van der Waals surface area contributed by atoms with Crippen LogP contribution in [0.2, 0.25) is 0 Å². The van der Waals surface area contributed by atoms with E-state index >= 15 is 0 Å². The van der Waals surface area contributed by atoms with Crippen molar-refractivity contribution in [3.8, 4) is 11.1 Å². The second-order valence-electron chi connectivity index (χ2n) is 4.15. The average molecular weight is 281 g/mol. The molecule has 0 aromatic heterocycles. The fraction of sp³-hybridized carbons (Fsp3) is 0.0714. The normalized spacial score (nSPS) is 11.3. The van der Waals surface area contributed by atoms with Crippen LogP contribution in [0.4, 0.5) is 18.9 Å². The summed E-state index contributed by atoms with van der Waals surface area (Å²) < 4.78 is 38.8. The van der Waals surface area contributed by atoms with E-state index < -0.39 is 17.7 Å². The zero-order valence-corrected chi connectivity index (χ0v) is 10.1. The van der Waals surface area contributed by atoms with Crippen molar-refractivity contribution in [2.45, 2.75) is 6.18 Å². The molecule has 0 radical (unpaired) electrons. The van der Waals surface area contributed by atoms with E-state index in [9.17, 15) is 18.0 Å². The molecule has 0 aliphatic carbocycles. The van der Waals surface area contributed by atoms with Gasteiger partial charge < -0.3 is 10.8 Å². The predicted molar refractivity (Wildman–Crippen MR) is 68.3 cm³/mol. The van der Waals surface area contributed by atoms with Crippen molar-refractivity contribution >= 4 is 11.7 Å². The lowest BCUT2D eigenvalue weighted by Crippen LogP contribution is -2.08. The Balaban J connectivity index is 2.61. The van der Waals surface area contributed by atoms with Gasteiger partial charge in [0, 0.05) is 11.3 Å². The maximum absolute atomic E-state index is 12.9. The molecule has 0 unspecified atom stereocenters. The van der Waals surface area contributed by atoms with Gasteiger partial charge in [-0.25, -0.2) is 4.79 Å². The fourth-order valence-corrected chi connectivity index (χ4v) is 1.91. The van der Waals surface area contributed by atoms with Crippen molar-refractivity contribution in [3.63, 3.8) is 0 Å². The number of halogens is 3. The summed E-state index contributed by atoms with van der Waals surface area (Å²) in [7, 11) is 0. The van der Waals surface area contributed by atoms with E-state index in [1.165, 1.54) is 30.3 Å². The largest absolute Gasteiger partial charge is 0.478 e. The third-order valence-electron chi connectivity index (χ3n) is 2.82. The van der Waals surface area contributed by atoms with Gasteiger partial charge in [0.15, 0.2) is 0 Å². The summed E-state index contributed by atoms with van der Waals surface area (Å²) in [5.41, 5.74) is 4.86. The van der Waals surface area contributed by atoms with Crippen molar-refractivity contribution in [3.05, 3.63) is 53.6 Å². The Morgan fingerprint density at radius 2 is 1.70 bits per heavy atom. The minimum atomic E-state index is -4.51. The van der Waals surface area contributed by atoms with Gasteiger partial charge in [-0.05, 0) is 23.8 Å². The Morgan fingerprint density at radius 3 is 2.25 bits per heavy atom. The molecule has 104 valence electrons. The summed E-state index contributed by atoms with van der Waals surface area (Å²) in [6.07, 6.45) is -4.51. The molecule has 0 atom stereocenters. The number of nitrogens with two attached hydrogens (primary N) is 1. The monoisotopic (exact) mass is 281 g/mol. The van der Waals surface area contributed by atoms with Crippen LogP contribution < -0.4 is 5.73 Å². The highest BCUT2D eigenvalue weighted by Crippen LogP contribution is 2.38. The van der Waals surface area contributed by atoms with Crippen molar-refractivity contribution in [1.82, 2.24) is 0 Å². The van der Waals surface area contributed by atoms with Gasteiger partial charge in [0.1, 0.15) is 0 Å². The Hall–Kier alpha value is -2.50. The van der Waals surface area contributed by atoms with E-state index in [1.54, 1.807) is 0 Å². The van der Waals surface area contributed by atoms with Gasteiger partial charge >= 0.3 is 12.1 Å². The quantitative estimate of drug-likeness (QED) is 0.826. The van der Waals surface area contributed by atoms with Crippen molar-refractivity contribution in [2.75, 3.05) is 5.73 Å². The lowest BCUT2D eigenvalue weighted by molar-refractivity contribution is -0.137. The van der Waals surface area contributed by atoms with Gasteiger partial charge in [0.25, 0.3) is 0 Å². The number of rotatable bonds is 2. The van der Waals surface area contributed by atoms with Crippen LogP contribution >= 0.6 is 0 Å². The topological polar surface area (TPSA) is 63.3 Å². The van der Waals surface area contributed by atoms with Crippen LogP contribution in [-0.2, 0) is 6.18 Å². The second-order valence-corrected chi connectivity index (χ2v) is 4.15. The minimum Gasteiger partial charge on any atom is -0.478 e. The number of hydrogen-bond donors (Lipinski definition) is 2. The Morgan fingerprint density at radius 1 is 1.05 bits per heavy atom. The summed E-state index contributed by atoms with van der Waals surface area (Å²) >= 11 is 0. The molecule has 0 heterocycles. The number of carboxylic acids is 1. The average Bonchev–Trinajstić information content (AvgIpc) is 2.37. The molecule has 2 aromatic carbocycles. The molecule has 0 aliphatic heterocycles. The molecule has 6 heteroatoms. The standard InChI is InChI=1S/C14H10F3NO2/c15-14(16,17)11-4-2-1-3-9(11)10-6-5-8(13(19)20)7-12(10)18/h1-7H,18H2,(H,19,20). The summed E-state index contributed by atoms with van der Waals surface area (Å²) in [6.45, 7) is 0. The molecule has 0 fully saturated rings. The van der Waals surface area contributed by atoms with Gasteiger partial charge in [0.05, 0.1) is 11.1 Å². The molecule has 0 saturated carbocycles. The highest BCUT2D eigenvalue weighted by atomic mass is 19.4. The van der Waals surface area contributed by atoms with E-state index in [1.807, 2.05) is 0 Å². The predicted octanol–water partition coefficient (Wildman–Crippen LogP) is 3.65. The maximum atomic E-state index is 12.9. The van der Waals surface area contributed by atoms with Crippen LogP contribution in [0.5, 0.6) is 0 Å². The number of carbonyl (C=O) groups is 1. The molecule has 3 nitrogen and oxygen atoms in total. The smallest absolute Gasteiger partial charge is 0.417 e. The summed E-state index contributed by atoms with van der Waals surface area (Å²) in [5.74, 6) is -1.19. The first kappa shape index (κ1) is 13.9. The van der Waals surface area contributed by atoms with E-state index in [2.05, 4.69) is 0 Å². The Kier molecular flexibility index (Phi) is 3.40. The van der Waals surface area contributed by atoms with Crippen molar-refractivity contribution in [2.24, 2.45) is 0 Å². The number of carboxylic acid groups (broad SMARTS) is 1. The van der Waals surface area contributed by atoms with Crippen LogP contribution in [0.15, 0.2) is 42.5 Å². The molecule has 2 aromatic rings. The Bertz CT molecular complexity index is 666. The highest BCUT2D eigenvalue weighted by molar-refractivity contribution is 5.91. The van der Waals surface area contributed by atoms with Gasteiger partial charge in [-0.15, -0.1) is 0 Å². The van der Waals surface area contributed by atoms with Gasteiger partial charge in [-0.3, -0.25) is 0 Å². The number of alkyl halides is 3. The minimum absolute atomic E-state index is 0.0124. The van der Waals surface area contributed by atoms with E-state index in [-0.39, 0.29) is 22.4 Å². The first-order chi connectivity index (χ1) is 9.30. The molecule has 0 amide bonds. The van der Waals surface area contributed by atoms with Crippen molar-refractivity contribution < 1.29 is 23.1 Å². The van der Waals surface area contributed by atoms with E-state index in [0.717, 1.165) is 12.1 Å². The lowest BCUT2D eigenvalue weighted by Gasteiger charge is -2.14. The van der Waals surface area contributed by atoms with Crippen LogP contribution in [0.1, 0.15) is 15.9 Å². The number of hydrogen-bond acceptors (Lipinski definition) is 2. The van der Waals surface area contributed by atoms with Gasteiger partial charge in [0.2, 0.25) is 0 Å². The number of nitrogen functional groups attached to an aromatic ring is 1. The first-order valence-electron chi connectivity index (χ1n) is 5.60. The molecule has 2 rings (SSSR count). The van der Waals surface area contributed by atoms with Crippen LogP contribution in [0, 0.1) is 0 Å². The third-order valence-corrected chi connectivity index (χ3v) is 2.82. The molecule has 0 spiro atoms. The lowest BCUT2D eigenvalue weighted by atomic mass is 9.97. The van der Waals surface area contributed by atoms with Gasteiger partial charge in [-0.2, -0.15) is 13.2 Å². The summed E-state index contributed by atoms with van der Waals surface area (Å²) in [4.78, 5) is 10.8. The van der Waals surface area contributed by atoms with Crippen LogP contribution in [0.25, 0.3) is 11.1 Å². The fourth-order valence-electron chi connectivity index (χ4n) is 1.91. The molecular weight excluding hydrogens is 271 g/mol. The first-order valence-corrected chi connectivity index (χ1v) is 5.60. The molecule has 3 N–H and O–H groups in total. The van der Waals surface area contributed by atoms with Crippen molar-refractivity contribution in [1.29, 1.82) is 0 Å². The zero-order valence-electron chi connectivity index (χ0n) is 10.1. The van der Waals surface area contributed by atoms with E-state index in [0.29, 0.717) is 0 Å². The molecule has 0 bridgehead atoms. The zero-order chi connectivity index (χ0) is 14.9. The highest BCUT2D eigenvalue weighted by Gasteiger charge is 2.33. The SMILES string of the molecule is Nc1cc(C(=O)O)ccc1-c1ccccc1C(F)(F)F. The van der Waals surface area contributed by atoms with Crippen LogP contribution in [-0.4, -0.2) is 11.1 Å². The third kappa shape index (κ3) is 2.59.